The first-order chi connectivity index (χ1) is 18.4. The topological polar surface area (TPSA) is 90.3 Å². The molecule has 1 N–H and O–H groups in total. The van der Waals surface area contributed by atoms with Crippen LogP contribution >= 0.6 is 11.3 Å². The van der Waals surface area contributed by atoms with Gasteiger partial charge in [-0.15, -0.1) is 11.3 Å². The lowest BCUT2D eigenvalue weighted by atomic mass is 10.1. The fourth-order valence-corrected chi connectivity index (χ4v) is 6.44. The molecule has 0 aromatic carbocycles. The number of carbonyl (C=O) groups excluding carboxylic acids is 2. The second-order valence-corrected chi connectivity index (χ2v) is 10.8. The summed E-state index contributed by atoms with van der Waals surface area (Å²) in [7, 11) is 0. The average Bonchev–Trinajstić information content (AvgIpc) is 3.57. The van der Waals surface area contributed by atoms with Gasteiger partial charge in [-0.3, -0.25) is 18.8 Å². The van der Waals surface area contributed by atoms with Crippen LogP contribution in [0.4, 0.5) is 5.82 Å². The molecular weight excluding hydrogens is 500 g/mol. The van der Waals surface area contributed by atoms with Crippen LogP contribution in [0, 0.1) is 0 Å². The van der Waals surface area contributed by atoms with Crippen LogP contribution in [0.15, 0.2) is 29.6 Å². The van der Waals surface area contributed by atoms with Gasteiger partial charge >= 0.3 is 0 Å². The molecule has 0 spiro atoms. The van der Waals surface area contributed by atoms with Crippen LogP contribution in [-0.2, 0) is 4.79 Å². The van der Waals surface area contributed by atoms with Gasteiger partial charge < -0.3 is 20.0 Å². The van der Waals surface area contributed by atoms with Crippen molar-refractivity contribution >= 4 is 57.0 Å². The normalized spacial score (nSPS) is 16.7. The molecule has 200 valence electrons. The Morgan fingerprint density at radius 2 is 1.87 bits per heavy atom. The number of rotatable bonds is 7. The predicted molar refractivity (Wildman–Crippen MR) is 154 cm³/mol. The number of aromatic nitrogens is 2. The number of carbonyl (C=O) groups is 2. The average molecular weight is 535 g/mol. The Kier molecular flexibility index (Phi) is 7.62. The quantitative estimate of drug-likeness (QED) is 0.501. The Hall–Kier alpha value is -3.50. The Morgan fingerprint density at radius 1 is 1.13 bits per heavy atom. The minimum atomic E-state index is -0.359. The number of thiazole rings is 1. The molecule has 2 aliphatic rings. The van der Waals surface area contributed by atoms with Gasteiger partial charge in [0.15, 0.2) is 5.65 Å². The molecule has 0 atom stereocenters. The third kappa shape index (κ3) is 4.86. The number of hydrogen-bond acceptors (Lipinski definition) is 7. The molecule has 3 aromatic heterocycles. The van der Waals surface area contributed by atoms with E-state index in [1.54, 1.807) is 19.1 Å². The van der Waals surface area contributed by atoms with Crippen molar-refractivity contribution in [2.45, 2.75) is 26.7 Å². The summed E-state index contributed by atoms with van der Waals surface area (Å²) in [6, 6.07) is 3.61. The van der Waals surface area contributed by atoms with Crippen LogP contribution in [0.2, 0.25) is 0 Å². The van der Waals surface area contributed by atoms with Crippen molar-refractivity contribution in [2.24, 2.45) is 0 Å². The lowest BCUT2D eigenvalue weighted by molar-refractivity contribution is -0.129. The zero-order valence-corrected chi connectivity index (χ0v) is 22.9. The predicted octanol–water partition coefficient (Wildman–Crippen LogP) is 3.08. The summed E-state index contributed by atoms with van der Waals surface area (Å²) in [4.78, 5) is 51.6. The molecule has 5 rings (SSSR count). The van der Waals surface area contributed by atoms with E-state index in [2.05, 4.69) is 21.7 Å². The van der Waals surface area contributed by atoms with Crippen molar-refractivity contribution in [2.75, 3.05) is 57.3 Å². The Labute approximate surface area is 226 Å². The Bertz CT molecular complexity index is 1480. The molecule has 38 heavy (non-hydrogen) atoms. The van der Waals surface area contributed by atoms with Gasteiger partial charge in [-0.25, -0.2) is 4.98 Å². The molecule has 10 heteroatoms. The molecule has 3 aromatic rings. The van der Waals surface area contributed by atoms with E-state index in [-0.39, 0.29) is 22.8 Å². The molecule has 5 heterocycles. The largest absolute Gasteiger partial charge is 0.353 e. The summed E-state index contributed by atoms with van der Waals surface area (Å²) in [5.74, 6) is 0.457. The van der Waals surface area contributed by atoms with Crippen molar-refractivity contribution < 1.29 is 9.59 Å². The number of pyridine rings is 2. The minimum absolute atomic E-state index is 0.0711. The summed E-state index contributed by atoms with van der Waals surface area (Å²) < 4.78 is 1.92. The van der Waals surface area contributed by atoms with Crippen molar-refractivity contribution in [3.63, 3.8) is 0 Å². The summed E-state index contributed by atoms with van der Waals surface area (Å²) >= 11 is 1.38. The lowest BCUT2D eigenvalue weighted by Gasteiger charge is -2.35. The fourth-order valence-electron chi connectivity index (χ4n) is 5.32. The standard InChI is InChI=1S/C28H34N6O3S/c1-4-8-21-22(5-2)38-28-24(27(37)29-11-14-31-12-6-7-13-31)25(36)20-9-10-23(30-26(20)34(21)28)33-17-15-32(16-18-33)19(3)35/h4-5,8-10H,2,6-7,11-18H2,1,3H3,(H,29,37)/b8-4-. The molecule has 0 unspecified atom stereocenters. The van der Waals surface area contributed by atoms with E-state index in [4.69, 9.17) is 4.98 Å². The van der Waals surface area contributed by atoms with E-state index >= 15 is 0 Å². The second-order valence-electron chi connectivity index (χ2n) is 9.74. The number of likely N-dealkylation sites (tertiary alicyclic amines) is 1. The SMILES string of the molecule is C=Cc1sc2c(C(=O)NCCN3CCCC3)c(=O)c3ccc(N4CCN(C(C)=O)CC4)nc3n2c1/C=C\C. The van der Waals surface area contributed by atoms with E-state index in [1.807, 2.05) is 34.4 Å². The number of hydrogen-bond donors (Lipinski definition) is 1. The van der Waals surface area contributed by atoms with Gasteiger partial charge in [0.05, 0.1) is 16.0 Å². The number of anilines is 1. The first-order valence-corrected chi connectivity index (χ1v) is 14.0. The maximum Gasteiger partial charge on any atom is 0.258 e. The molecule has 2 fully saturated rings. The molecular formula is C28H34N6O3S. The van der Waals surface area contributed by atoms with Crippen molar-refractivity contribution in [3.05, 3.63) is 51.1 Å². The van der Waals surface area contributed by atoms with Gasteiger partial charge in [0.25, 0.3) is 5.91 Å². The fraction of sp³-hybridized carbons (Fsp3) is 0.429. The van der Waals surface area contributed by atoms with Crippen molar-refractivity contribution in [3.8, 4) is 0 Å². The molecule has 0 saturated carbocycles. The van der Waals surface area contributed by atoms with Crippen molar-refractivity contribution in [1.29, 1.82) is 0 Å². The van der Waals surface area contributed by atoms with Gasteiger partial charge in [0.2, 0.25) is 11.3 Å². The first kappa shape index (κ1) is 26.1. The molecule has 0 aliphatic carbocycles. The maximum atomic E-state index is 13.8. The summed E-state index contributed by atoms with van der Waals surface area (Å²) in [5.41, 5.74) is 1.18. The number of allylic oxidation sites excluding steroid dienone is 1. The minimum Gasteiger partial charge on any atom is -0.353 e. The third-order valence-corrected chi connectivity index (χ3v) is 8.53. The summed E-state index contributed by atoms with van der Waals surface area (Å²) in [6.07, 6.45) is 8.02. The number of nitrogens with one attached hydrogen (secondary N) is 1. The first-order valence-electron chi connectivity index (χ1n) is 13.2. The third-order valence-electron chi connectivity index (χ3n) is 7.36. The Morgan fingerprint density at radius 3 is 2.53 bits per heavy atom. The Balaban J connectivity index is 1.58. The molecule has 2 amide bonds. The van der Waals surface area contributed by atoms with Gasteiger partial charge in [-0.2, -0.15) is 0 Å². The number of piperazine rings is 1. The van der Waals surface area contributed by atoms with Gasteiger partial charge in [-0.05, 0) is 57.1 Å². The molecule has 2 saturated heterocycles. The van der Waals surface area contributed by atoms with E-state index < -0.39 is 0 Å². The van der Waals surface area contributed by atoms with Crippen LogP contribution < -0.4 is 15.6 Å². The van der Waals surface area contributed by atoms with Gasteiger partial charge in [0, 0.05) is 46.2 Å². The van der Waals surface area contributed by atoms with E-state index in [0.29, 0.717) is 48.6 Å². The van der Waals surface area contributed by atoms with E-state index in [0.717, 1.165) is 36.0 Å². The highest BCUT2D eigenvalue weighted by atomic mass is 32.1. The van der Waals surface area contributed by atoms with E-state index in [1.165, 1.54) is 24.2 Å². The zero-order chi connectivity index (χ0) is 26.8. The summed E-state index contributed by atoms with van der Waals surface area (Å²) in [6.45, 7) is 13.4. The molecule has 0 bridgehead atoms. The number of nitrogens with zero attached hydrogens (tertiary/aromatic N) is 5. The maximum absolute atomic E-state index is 13.8. The monoisotopic (exact) mass is 534 g/mol. The molecule has 9 nitrogen and oxygen atoms in total. The van der Waals surface area contributed by atoms with Crippen LogP contribution in [0.1, 0.15) is 47.6 Å². The number of fused-ring (bicyclic) bond motifs is 3. The van der Waals surface area contributed by atoms with Crippen molar-refractivity contribution in [1.82, 2.24) is 24.5 Å². The zero-order valence-electron chi connectivity index (χ0n) is 22.0. The second kappa shape index (κ2) is 11.1. The highest BCUT2D eigenvalue weighted by Gasteiger charge is 2.25. The van der Waals surface area contributed by atoms with E-state index in [9.17, 15) is 14.4 Å². The van der Waals surface area contributed by atoms with Crippen LogP contribution in [0.25, 0.3) is 28.0 Å². The lowest BCUT2D eigenvalue weighted by Crippen LogP contribution is -2.48. The smallest absolute Gasteiger partial charge is 0.258 e. The van der Waals surface area contributed by atoms with Crippen LogP contribution in [0.5, 0.6) is 0 Å². The molecule has 2 aliphatic heterocycles. The van der Waals surface area contributed by atoms with Gasteiger partial charge in [-0.1, -0.05) is 12.7 Å². The van der Waals surface area contributed by atoms with Gasteiger partial charge in [0.1, 0.15) is 16.2 Å². The molecule has 0 radical (unpaired) electrons. The number of amides is 2. The summed E-state index contributed by atoms with van der Waals surface area (Å²) in [5, 5.41) is 3.39. The van der Waals surface area contributed by atoms with Crippen LogP contribution in [0.3, 0.4) is 0 Å². The highest BCUT2D eigenvalue weighted by Crippen LogP contribution is 2.31. The van der Waals surface area contributed by atoms with Crippen LogP contribution in [-0.4, -0.2) is 83.4 Å². The highest BCUT2D eigenvalue weighted by molar-refractivity contribution is 7.19.